The lowest BCUT2D eigenvalue weighted by molar-refractivity contribution is -0.141. The second-order valence-electron chi connectivity index (χ2n) is 9.43. The first kappa shape index (κ1) is 23.0. The molecule has 3 saturated heterocycles. The molecule has 0 saturated carbocycles. The zero-order valence-electron chi connectivity index (χ0n) is 19.0. The van der Waals surface area contributed by atoms with Gasteiger partial charge in [-0.05, 0) is 54.7 Å². The number of imide groups is 1. The minimum atomic E-state index is -0.953. The van der Waals surface area contributed by atoms with Gasteiger partial charge in [-0.1, -0.05) is 35.9 Å². The van der Waals surface area contributed by atoms with Gasteiger partial charge in [-0.3, -0.25) is 24.2 Å². The molecule has 1 N–H and O–H groups in total. The molecular formula is C26H28ClN3O4. The van der Waals surface area contributed by atoms with Crippen LogP contribution in [0.1, 0.15) is 43.2 Å². The molecule has 178 valence electrons. The highest BCUT2D eigenvalue weighted by Crippen LogP contribution is 2.35. The van der Waals surface area contributed by atoms with Crippen molar-refractivity contribution in [3.8, 4) is 0 Å². The standard InChI is InChI=1S/C26H28ClN3O4/c27-20-7-5-19(6-8-20)26(34)11-14-28(15-12-26)22-16-24(32)30(25(22)33)17-18-3-9-21(10-4-18)29-13-1-2-23(29)31/h3-10,22,34H,1-2,11-17H2/t22-/m0/s1. The highest BCUT2D eigenvalue weighted by Gasteiger charge is 2.44. The van der Waals surface area contributed by atoms with Gasteiger partial charge in [-0.25, -0.2) is 0 Å². The van der Waals surface area contributed by atoms with Crippen molar-refractivity contribution in [2.24, 2.45) is 0 Å². The number of hydrogen-bond donors (Lipinski definition) is 1. The Kier molecular flexibility index (Phi) is 6.18. The van der Waals surface area contributed by atoms with E-state index >= 15 is 0 Å². The van der Waals surface area contributed by atoms with E-state index in [1.807, 2.05) is 41.3 Å². The number of amides is 3. The average molecular weight is 482 g/mol. The van der Waals surface area contributed by atoms with E-state index < -0.39 is 11.6 Å². The van der Waals surface area contributed by atoms with Gasteiger partial charge in [0, 0.05) is 36.8 Å². The number of nitrogens with zero attached hydrogens (tertiary/aromatic N) is 3. The molecule has 0 aliphatic carbocycles. The second-order valence-corrected chi connectivity index (χ2v) is 9.86. The van der Waals surface area contributed by atoms with Crippen LogP contribution in [0.4, 0.5) is 5.69 Å². The Morgan fingerprint density at radius 3 is 2.21 bits per heavy atom. The van der Waals surface area contributed by atoms with Gasteiger partial charge in [0.15, 0.2) is 0 Å². The number of likely N-dealkylation sites (tertiary alicyclic amines) is 2. The molecule has 2 aromatic rings. The molecule has 3 fully saturated rings. The first-order chi connectivity index (χ1) is 16.3. The maximum Gasteiger partial charge on any atom is 0.247 e. The average Bonchev–Trinajstić information content (AvgIpc) is 3.38. The van der Waals surface area contributed by atoms with Crippen molar-refractivity contribution in [2.45, 2.75) is 50.3 Å². The van der Waals surface area contributed by atoms with Gasteiger partial charge in [0.25, 0.3) is 0 Å². The van der Waals surface area contributed by atoms with Crippen LogP contribution < -0.4 is 4.90 Å². The summed E-state index contributed by atoms with van der Waals surface area (Å²) in [6.07, 6.45) is 2.59. The Hall–Kier alpha value is -2.74. The van der Waals surface area contributed by atoms with Gasteiger partial charge in [-0.15, -0.1) is 0 Å². The molecule has 0 radical (unpaired) electrons. The van der Waals surface area contributed by atoms with Crippen molar-refractivity contribution in [2.75, 3.05) is 24.5 Å². The van der Waals surface area contributed by atoms with E-state index in [9.17, 15) is 19.5 Å². The number of halogens is 1. The Morgan fingerprint density at radius 1 is 0.912 bits per heavy atom. The highest BCUT2D eigenvalue weighted by molar-refractivity contribution is 6.30. The number of rotatable bonds is 5. The summed E-state index contributed by atoms with van der Waals surface area (Å²) in [5.74, 6) is -0.224. The van der Waals surface area contributed by atoms with Gasteiger partial charge >= 0.3 is 0 Å². The number of benzene rings is 2. The fraction of sp³-hybridized carbons (Fsp3) is 0.423. The monoisotopic (exact) mass is 481 g/mol. The fourth-order valence-electron chi connectivity index (χ4n) is 5.26. The van der Waals surface area contributed by atoms with Gasteiger partial charge in [0.2, 0.25) is 17.7 Å². The normalized spacial score (nSPS) is 23.2. The Bertz CT molecular complexity index is 1090. The van der Waals surface area contributed by atoms with E-state index in [2.05, 4.69) is 0 Å². The third-order valence-corrected chi connectivity index (χ3v) is 7.58. The molecule has 3 aliphatic heterocycles. The molecule has 5 rings (SSSR count). The summed E-state index contributed by atoms with van der Waals surface area (Å²) in [6.45, 7) is 2.03. The van der Waals surface area contributed by atoms with E-state index in [1.54, 1.807) is 17.0 Å². The summed E-state index contributed by atoms with van der Waals surface area (Å²) in [4.78, 5) is 42.9. The Morgan fingerprint density at radius 2 is 1.59 bits per heavy atom. The van der Waals surface area contributed by atoms with Crippen LogP contribution in [0.15, 0.2) is 48.5 Å². The lowest BCUT2D eigenvalue weighted by atomic mass is 9.84. The summed E-state index contributed by atoms with van der Waals surface area (Å²) >= 11 is 5.97. The van der Waals surface area contributed by atoms with Gasteiger partial charge < -0.3 is 10.0 Å². The van der Waals surface area contributed by atoms with E-state index in [0.29, 0.717) is 37.4 Å². The van der Waals surface area contributed by atoms with Crippen LogP contribution in [0.3, 0.4) is 0 Å². The molecule has 0 bridgehead atoms. The van der Waals surface area contributed by atoms with E-state index in [4.69, 9.17) is 11.6 Å². The SMILES string of the molecule is O=C1C[C@H](N2CCC(O)(c3ccc(Cl)cc3)CC2)C(=O)N1Cc1ccc(N2CCCC2=O)cc1. The van der Waals surface area contributed by atoms with Crippen molar-refractivity contribution >= 4 is 35.0 Å². The van der Waals surface area contributed by atoms with Crippen molar-refractivity contribution < 1.29 is 19.5 Å². The quantitative estimate of drug-likeness (QED) is 0.664. The largest absolute Gasteiger partial charge is 0.385 e. The third kappa shape index (κ3) is 4.35. The van der Waals surface area contributed by atoms with Crippen LogP contribution in [0.2, 0.25) is 5.02 Å². The Balaban J connectivity index is 1.21. The molecule has 0 aromatic heterocycles. The highest BCUT2D eigenvalue weighted by atomic mass is 35.5. The van der Waals surface area contributed by atoms with Crippen molar-refractivity contribution in [3.05, 3.63) is 64.7 Å². The van der Waals surface area contributed by atoms with E-state index in [1.165, 1.54) is 4.90 Å². The summed E-state index contributed by atoms with van der Waals surface area (Å²) in [6, 6.07) is 14.3. The maximum atomic E-state index is 13.1. The van der Waals surface area contributed by atoms with Crippen molar-refractivity contribution in [1.29, 1.82) is 0 Å². The summed E-state index contributed by atoms with van der Waals surface area (Å²) in [5.41, 5.74) is 1.58. The predicted octanol–water partition coefficient (Wildman–Crippen LogP) is 3.08. The zero-order chi connectivity index (χ0) is 23.9. The number of carbonyl (C=O) groups is 3. The summed E-state index contributed by atoms with van der Waals surface area (Å²) in [5, 5.41) is 11.7. The number of aliphatic hydroxyl groups is 1. The van der Waals surface area contributed by atoms with Crippen LogP contribution in [-0.4, -0.2) is 58.3 Å². The molecule has 3 heterocycles. The van der Waals surface area contributed by atoms with Crippen LogP contribution in [-0.2, 0) is 26.5 Å². The van der Waals surface area contributed by atoms with Gasteiger partial charge in [0.1, 0.15) is 0 Å². The number of carbonyl (C=O) groups excluding carboxylic acids is 3. The van der Waals surface area contributed by atoms with Crippen molar-refractivity contribution in [3.63, 3.8) is 0 Å². The minimum absolute atomic E-state index is 0.130. The molecule has 0 unspecified atom stereocenters. The van der Waals surface area contributed by atoms with Crippen LogP contribution in [0.5, 0.6) is 0 Å². The van der Waals surface area contributed by atoms with E-state index in [-0.39, 0.29) is 30.7 Å². The molecular weight excluding hydrogens is 454 g/mol. The topological polar surface area (TPSA) is 81.2 Å². The van der Waals surface area contributed by atoms with E-state index in [0.717, 1.165) is 29.8 Å². The molecule has 8 heteroatoms. The molecule has 3 aliphatic rings. The van der Waals surface area contributed by atoms with Crippen LogP contribution in [0.25, 0.3) is 0 Å². The smallest absolute Gasteiger partial charge is 0.247 e. The van der Waals surface area contributed by atoms with Crippen LogP contribution in [0, 0.1) is 0 Å². The van der Waals surface area contributed by atoms with Gasteiger partial charge in [0.05, 0.1) is 24.6 Å². The Labute approximate surface area is 203 Å². The molecule has 2 aromatic carbocycles. The molecule has 3 amide bonds. The maximum absolute atomic E-state index is 13.1. The first-order valence-electron chi connectivity index (χ1n) is 11.8. The molecule has 0 spiro atoms. The lowest BCUT2D eigenvalue weighted by Crippen LogP contribution is -2.49. The number of piperidine rings is 1. The lowest BCUT2D eigenvalue weighted by Gasteiger charge is -2.40. The molecule has 34 heavy (non-hydrogen) atoms. The van der Waals surface area contributed by atoms with Crippen LogP contribution >= 0.6 is 11.6 Å². The van der Waals surface area contributed by atoms with Crippen molar-refractivity contribution in [1.82, 2.24) is 9.80 Å². The minimum Gasteiger partial charge on any atom is -0.385 e. The molecule has 7 nitrogen and oxygen atoms in total. The fourth-order valence-corrected chi connectivity index (χ4v) is 5.38. The zero-order valence-corrected chi connectivity index (χ0v) is 19.7. The predicted molar refractivity (Wildman–Crippen MR) is 128 cm³/mol. The second kappa shape index (κ2) is 9.13. The van der Waals surface area contributed by atoms with Gasteiger partial charge in [-0.2, -0.15) is 0 Å². The first-order valence-corrected chi connectivity index (χ1v) is 12.2. The summed E-state index contributed by atoms with van der Waals surface area (Å²) in [7, 11) is 0. The summed E-state index contributed by atoms with van der Waals surface area (Å²) < 4.78 is 0. The number of hydrogen-bond acceptors (Lipinski definition) is 5. The third-order valence-electron chi connectivity index (χ3n) is 7.33. The number of anilines is 1. The molecule has 1 atom stereocenters.